The lowest BCUT2D eigenvalue weighted by atomic mass is 9.86. The van der Waals surface area contributed by atoms with Crippen LogP contribution >= 0.6 is 0 Å². The van der Waals surface area contributed by atoms with Crippen molar-refractivity contribution in [3.05, 3.63) is 46.5 Å². The Morgan fingerprint density at radius 3 is 1.09 bits per heavy atom. The van der Waals surface area contributed by atoms with Crippen LogP contribution in [0.5, 0.6) is 0 Å². The highest BCUT2D eigenvalue weighted by atomic mass is 16.2. The molecule has 0 aliphatic carbocycles. The second-order valence-electron chi connectivity index (χ2n) is 8.72. The molecule has 180 valence electrons. The molecule has 0 N–H and O–H groups in total. The van der Waals surface area contributed by atoms with Crippen molar-refractivity contribution < 1.29 is 19.2 Å². The first kappa shape index (κ1) is 24.0. The maximum atomic E-state index is 13.5. The number of carbonyl (C=O) groups is 4. The maximum absolute atomic E-state index is 13.5. The van der Waals surface area contributed by atoms with Gasteiger partial charge in [0.2, 0.25) is 0 Å². The van der Waals surface area contributed by atoms with E-state index in [4.69, 9.17) is 0 Å². The molecule has 2 aromatic rings. The molecule has 0 saturated heterocycles. The van der Waals surface area contributed by atoms with Crippen molar-refractivity contribution in [3.63, 3.8) is 0 Å². The van der Waals surface area contributed by atoms with Crippen LogP contribution in [-0.2, 0) is 0 Å². The molecule has 0 fully saturated rings. The summed E-state index contributed by atoms with van der Waals surface area (Å²) in [4.78, 5) is 53.9. The smallest absolute Gasteiger partial charge is 0.267 e. The van der Waals surface area contributed by atoms with Gasteiger partial charge in [0, 0.05) is 37.0 Å². The average Bonchev–Trinajstić information content (AvgIpc) is 2.85. The van der Waals surface area contributed by atoms with Crippen molar-refractivity contribution in [2.75, 3.05) is 26.2 Å². The van der Waals surface area contributed by atoms with Crippen LogP contribution < -0.4 is 0 Å². The molecule has 4 rings (SSSR count). The van der Waals surface area contributed by atoms with Crippen LogP contribution in [0, 0.1) is 0 Å². The predicted octanol–water partition coefficient (Wildman–Crippen LogP) is 4.11. The largest absolute Gasteiger partial charge is 0.276 e. The highest BCUT2D eigenvalue weighted by Crippen LogP contribution is 2.38. The molecule has 2 aromatic carbocycles. The number of nitrogens with zero attached hydrogens (tertiary/aromatic N) is 4. The fraction of sp³-hybridized carbons (Fsp3) is 0.462. The number of rotatable bonds is 10. The van der Waals surface area contributed by atoms with Crippen molar-refractivity contribution in [1.29, 1.82) is 0 Å². The fourth-order valence-corrected chi connectivity index (χ4v) is 4.84. The minimum Gasteiger partial charge on any atom is -0.267 e. The Kier molecular flexibility index (Phi) is 6.81. The van der Waals surface area contributed by atoms with E-state index in [0.717, 1.165) is 25.7 Å². The number of benzene rings is 2. The molecule has 8 nitrogen and oxygen atoms in total. The van der Waals surface area contributed by atoms with E-state index in [1.165, 1.54) is 10.0 Å². The fourth-order valence-electron chi connectivity index (χ4n) is 4.84. The molecule has 8 heteroatoms. The Morgan fingerprint density at radius 2 is 0.853 bits per heavy atom. The molecule has 0 aromatic heterocycles. The lowest BCUT2D eigenvalue weighted by molar-refractivity contribution is -0.00332. The molecule has 0 bridgehead atoms. The highest BCUT2D eigenvalue weighted by Gasteiger charge is 2.42. The van der Waals surface area contributed by atoms with Gasteiger partial charge < -0.3 is 0 Å². The molecule has 2 heterocycles. The zero-order valence-electron chi connectivity index (χ0n) is 20.4. The zero-order valence-corrected chi connectivity index (χ0v) is 20.4. The molecule has 0 saturated carbocycles. The summed E-state index contributed by atoms with van der Waals surface area (Å²) < 4.78 is 0. The number of hydrogen-bond donors (Lipinski definition) is 0. The third-order valence-electron chi connectivity index (χ3n) is 6.69. The van der Waals surface area contributed by atoms with Crippen molar-refractivity contribution in [3.8, 4) is 0 Å². The molecule has 0 atom stereocenters. The number of carbonyl (C=O) groups excluding carboxylic acids is 4. The first-order valence-electron chi connectivity index (χ1n) is 12.3. The highest BCUT2D eigenvalue weighted by molar-refractivity contribution is 6.33. The van der Waals surface area contributed by atoms with Gasteiger partial charge in [-0.05, 0) is 37.1 Å². The summed E-state index contributed by atoms with van der Waals surface area (Å²) in [5.74, 6) is -1.67. The van der Waals surface area contributed by atoms with Gasteiger partial charge in [-0.1, -0.05) is 40.5 Å². The van der Waals surface area contributed by atoms with Gasteiger partial charge in [-0.25, -0.2) is 20.0 Å². The Morgan fingerprint density at radius 1 is 0.559 bits per heavy atom. The monoisotopic (exact) mass is 464 g/mol. The zero-order chi connectivity index (χ0) is 24.6. The number of hydrazine groups is 2. The Hall–Kier alpha value is -3.10. The Labute approximate surface area is 200 Å². The van der Waals surface area contributed by atoms with Gasteiger partial charge in [-0.3, -0.25) is 19.2 Å². The van der Waals surface area contributed by atoms with E-state index in [1.807, 2.05) is 13.8 Å². The second kappa shape index (κ2) is 9.64. The van der Waals surface area contributed by atoms with E-state index in [2.05, 4.69) is 13.8 Å². The van der Waals surface area contributed by atoms with Crippen molar-refractivity contribution in [2.24, 2.45) is 0 Å². The van der Waals surface area contributed by atoms with Gasteiger partial charge in [0.15, 0.2) is 0 Å². The average molecular weight is 465 g/mol. The lowest BCUT2D eigenvalue weighted by Gasteiger charge is -2.38. The van der Waals surface area contributed by atoms with Crippen LogP contribution in [0.2, 0.25) is 0 Å². The molecule has 2 aliphatic heterocycles. The molecule has 34 heavy (non-hydrogen) atoms. The topological polar surface area (TPSA) is 81.2 Å². The van der Waals surface area contributed by atoms with E-state index in [-0.39, 0.29) is 0 Å². The summed E-state index contributed by atoms with van der Waals surface area (Å²) in [7, 11) is 0. The van der Waals surface area contributed by atoms with E-state index in [9.17, 15) is 19.2 Å². The Balaban J connectivity index is 1.84. The first-order valence-corrected chi connectivity index (χ1v) is 12.3. The van der Waals surface area contributed by atoms with E-state index >= 15 is 0 Å². The van der Waals surface area contributed by atoms with Crippen LogP contribution in [0.3, 0.4) is 0 Å². The standard InChI is InChI=1S/C26H32N4O4/c1-5-9-15-27(7-3)29-23(31)17-11-13-19-22-20(14-12-18(21(17)22)24(29)32)26(34)30(25(19)33)28(8-4)16-10-6-2/h11-14H,5-10,15-16H2,1-4H3. The van der Waals surface area contributed by atoms with Gasteiger partial charge in [0.25, 0.3) is 23.6 Å². The van der Waals surface area contributed by atoms with Crippen LogP contribution in [0.4, 0.5) is 0 Å². The molecule has 4 amide bonds. The van der Waals surface area contributed by atoms with E-state index in [1.54, 1.807) is 34.3 Å². The summed E-state index contributed by atoms with van der Waals surface area (Å²) >= 11 is 0. The summed E-state index contributed by atoms with van der Waals surface area (Å²) in [5, 5.41) is 6.79. The molecule has 0 unspecified atom stereocenters. The number of unbranched alkanes of at least 4 members (excludes halogenated alkanes) is 2. The number of imide groups is 2. The van der Waals surface area contributed by atoms with Gasteiger partial charge in [-0.15, -0.1) is 0 Å². The normalized spacial score (nSPS) is 15.5. The summed E-state index contributed by atoms with van der Waals surface area (Å²) in [6, 6.07) is 6.48. The SMILES string of the molecule is CCCCN(CC)N1C(=O)c2ccc3c4c(ccc(c24)C1=O)C(=O)N(N(CC)CCCC)C3=O. The van der Waals surface area contributed by atoms with Crippen LogP contribution in [0.25, 0.3) is 10.8 Å². The molecule has 0 radical (unpaired) electrons. The lowest BCUT2D eigenvalue weighted by Crippen LogP contribution is -2.53. The molecule has 0 spiro atoms. The maximum Gasteiger partial charge on any atom is 0.276 e. The van der Waals surface area contributed by atoms with Crippen LogP contribution in [-0.4, -0.2) is 69.8 Å². The van der Waals surface area contributed by atoms with Gasteiger partial charge in [0.1, 0.15) is 0 Å². The molecule has 2 aliphatic rings. The summed E-state index contributed by atoms with van der Waals surface area (Å²) in [6.45, 7) is 10.2. The summed E-state index contributed by atoms with van der Waals surface area (Å²) in [5.41, 5.74) is 1.38. The number of hydrogen-bond acceptors (Lipinski definition) is 6. The van der Waals surface area contributed by atoms with Gasteiger partial charge in [0.05, 0.1) is 22.3 Å². The number of amides is 4. The van der Waals surface area contributed by atoms with Crippen molar-refractivity contribution in [2.45, 2.75) is 53.4 Å². The van der Waals surface area contributed by atoms with E-state index in [0.29, 0.717) is 59.2 Å². The third kappa shape index (κ3) is 3.61. The second-order valence-corrected chi connectivity index (χ2v) is 8.72. The minimum absolute atomic E-state index is 0.345. The predicted molar refractivity (Wildman–Crippen MR) is 129 cm³/mol. The first-order chi connectivity index (χ1) is 16.4. The minimum atomic E-state index is -0.417. The third-order valence-corrected chi connectivity index (χ3v) is 6.69. The van der Waals surface area contributed by atoms with Crippen LogP contribution in [0.15, 0.2) is 24.3 Å². The van der Waals surface area contributed by atoms with E-state index < -0.39 is 23.6 Å². The summed E-state index contributed by atoms with van der Waals surface area (Å²) in [6.07, 6.45) is 3.60. The van der Waals surface area contributed by atoms with Gasteiger partial charge in [-0.2, -0.15) is 0 Å². The van der Waals surface area contributed by atoms with Crippen molar-refractivity contribution >= 4 is 34.4 Å². The Bertz CT molecular complexity index is 1010. The quantitative estimate of drug-likeness (QED) is 0.493. The van der Waals surface area contributed by atoms with Crippen molar-refractivity contribution in [1.82, 2.24) is 20.0 Å². The van der Waals surface area contributed by atoms with Crippen LogP contribution in [0.1, 0.15) is 94.8 Å². The van der Waals surface area contributed by atoms with Gasteiger partial charge >= 0.3 is 0 Å². The molecular formula is C26H32N4O4. The molecular weight excluding hydrogens is 432 g/mol.